The van der Waals surface area contributed by atoms with Crippen LogP contribution in [-0.4, -0.2) is 10.2 Å². The Kier molecular flexibility index (Phi) is 2.25. The highest BCUT2D eigenvalue weighted by Crippen LogP contribution is 2.21. The van der Waals surface area contributed by atoms with E-state index in [2.05, 4.69) is 10.2 Å². The van der Waals surface area contributed by atoms with Gasteiger partial charge >= 0.3 is 0 Å². The third-order valence-corrected chi connectivity index (χ3v) is 2.32. The topological polar surface area (TPSA) is 71.8 Å². The molecule has 4 heteroatoms. The third kappa shape index (κ3) is 1.61. The standard InChI is InChI=1S/C11H11N3O/c1-7-9(12)11(15)14-13-10(7)8-5-3-2-4-6-8/h2-6H,1H3,(H2,12,13)(H,14,15). The van der Waals surface area contributed by atoms with Crippen LogP contribution in [0.2, 0.25) is 0 Å². The van der Waals surface area contributed by atoms with Crippen LogP contribution in [0, 0.1) is 6.92 Å². The summed E-state index contributed by atoms with van der Waals surface area (Å²) in [6, 6.07) is 9.60. The molecule has 0 aliphatic rings. The van der Waals surface area contributed by atoms with Crippen LogP contribution in [0.5, 0.6) is 0 Å². The molecule has 4 nitrogen and oxygen atoms in total. The molecule has 1 heterocycles. The van der Waals surface area contributed by atoms with Gasteiger partial charge in [0.2, 0.25) is 0 Å². The fourth-order valence-corrected chi connectivity index (χ4v) is 1.43. The number of aromatic nitrogens is 2. The van der Waals surface area contributed by atoms with Crippen LogP contribution in [-0.2, 0) is 0 Å². The Labute approximate surface area is 86.8 Å². The SMILES string of the molecule is Cc1c(-c2ccccc2)n[nH]c(=O)c1N. The number of anilines is 1. The molecule has 0 atom stereocenters. The van der Waals surface area contributed by atoms with Crippen LogP contribution < -0.4 is 11.3 Å². The van der Waals surface area contributed by atoms with Gasteiger partial charge in [0.25, 0.3) is 5.56 Å². The van der Waals surface area contributed by atoms with Gasteiger partial charge < -0.3 is 5.73 Å². The molecule has 0 spiro atoms. The molecule has 1 aromatic heterocycles. The van der Waals surface area contributed by atoms with Crippen molar-refractivity contribution in [2.24, 2.45) is 0 Å². The van der Waals surface area contributed by atoms with Gasteiger partial charge in [-0.2, -0.15) is 5.10 Å². The normalized spacial score (nSPS) is 10.2. The molecule has 0 fully saturated rings. The van der Waals surface area contributed by atoms with E-state index in [1.807, 2.05) is 30.3 Å². The lowest BCUT2D eigenvalue weighted by Crippen LogP contribution is -2.16. The van der Waals surface area contributed by atoms with Crippen LogP contribution in [0.15, 0.2) is 35.1 Å². The Hall–Kier alpha value is -2.10. The Balaban J connectivity index is 2.65. The maximum atomic E-state index is 11.2. The Morgan fingerprint density at radius 1 is 1.27 bits per heavy atom. The number of nitrogens with two attached hydrogens (primary N) is 1. The van der Waals surface area contributed by atoms with Crippen LogP contribution in [0.1, 0.15) is 5.56 Å². The summed E-state index contributed by atoms with van der Waals surface area (Å²) in [6.45, 7) is 1.79. The summed E-state index contributed by atoms with van der Waals surface area (Å²) in [5.74, 6) is 0. The highest BCUT2D eigenvalue weighted by molar-refractivity contribution is 5.67. The first-order valence-corrected chi connectivity index (χ1v) is 4.60. The van der Waals surface area contributed by atoms with Crippen molar-refractivity contribution >= 4 is 5.69 Å². The number of nitrogen functional groups attached to an aromatic ring is 1. The van der Waals surface area contributed by atoms with E-state index >= 15 is 0 Å². The van der Waals surface area contributed by atoms with Crippen LogP contribution in [0.3, 0.4) is 0 Å². The maximum Gasteiger partial charge on any atom is 0.287 e. The number of rotatable bonds is 1. The van der Waals surface area contributed by atoms with E-state index in [0.29, 0.717) is 11.3 Å². The molecule has 0 unspecified atom stereocenters. The zero-order chi connectivity index (χ0) is 10.8. The molecule has 76 valence electrons. The average molecular weight is 201 g/mol. The van der Waals surface area contributed by atoms with Gasteiger partial charge in [0.05, 0.1) is 5.69 Å². The maximum absolute atomic E-state index is 11.2. The second kappa shape index (κ2) is 3.57. The van der Waals surface area contributed by atoms with Crippen LogP contribution in [0.4, 0.5) is 5.69 Å². The molecule has 0 bridgehead atoms. The largest absolute Gasteiger partial charge is 0.394 e. The van der Waals surface area contributed by atoms with Crippen LogP contribution >= 0.6 is 0 Å². The molecule has 0 saturated heterocycles. The number of hydrogen-bond donors (Lipinski definition) is 2. The van der Waals surface area contributed by atoms with Crippen molar-refractivity contribution in [1.29, 1.82) is 0 Å². The lowest BCUT2D eigenvalue weighted by atomic mass is 10.1. The van der Waals surface area contributed by atoms with E-state index in [-0.39, 0.29) is 11.2 Å². The van der Waals surface area contributed by atoms with Gasteiger partial charge in [-0.3, -0.25) is 4.79 Å². The highest BCUT2D eigenvalue weighted by atomic mass is 16.1. The summed E-state index contributed by atoms with van der Waals surface area (Å²) in [7, 11) is 0. The van der Waals surface area contributed by atoms with Crippen molar-refractivity contribution in [3.8, 4) is 11.3 Å². The molecular weight excluding hydrogens is 190 g/mol. The van der Waals surface area contributed by atoms with Gasteiger partial charge in [0.1, 0.15) is 5.69 Å². The number of nitrogens with one attached hydrogen (secondary N) is 1. The molecule has 0 aliphatic carbocycles. The zero-order valence-electron chi connectivity index (χ0n) is 8.32. The van der Waals surface area contributed by atoms with Crippen molar-refractivity contribution in [2.75, 3.05) is 5.73 Å². The molecule has 0 aliphatic heterocycles. The molecule has 0 radical (unpaired) electrons. The van der Waals surface area contributed by atoms with Crippen molar-refractivity contribution < 1.29 is 0 Å². The summed E-state index contributed by atoms with van der Waals surface area (Å²) in [5, 5.41) is 6.37. The monoisotopic (exact) mass is 201 g/mol. The van der Waals surface area contributed by atoms with Crippen molar-refractivity contribution in [1.82, 2.24) is 10.2 Å². The van der Waals surface area contributed by atoms with Gasteiger partial charge in [-0.05, 0) is 6.92 Å². The Bertz CT molecular complexity index is 531. The Morgan fingerprint density at radius 3 is 2.60 bits per heavy atom. The first-order chi connectivity index (χ1) is 7.20. The molecule has 0 amide bonds. The van der Waals surface area contributed by atoms with E-state index in [1.54, 1.807) is 6.92 Å². The average Bonchev–Trinajstić information content (AvgIpc) is 2.27. The molecular formula is C11H11N3O. The van der Waals surface area contributed by atoms with Gasteiger partial charge in [0.15, 0.2) is 0 Å². The third-order valence-electron chi connectivity index (χ3n) is 2.32. The number of hydrogen-bond acceptors (Lipinski definition) is 3. The molecule has 3 N–H and O–H groups in total. The minimum Gasteiger partial charge on any atom is -0.394 e. The van der Waals surface area contributed by atoms with Gasteiger partial charge in [-0.15, -0.1) is 0 Å². The van der Waals surface area contributed by atoms with E-state index < -0.39 is 0 Å². The summed E-state index contributed by atoms with van der Waals surface area (Å²) in [6.07, 6.45) is 0. The first-order valence-electron chi connectivity index (χ1n) is 4.60. The number of aromatic amines is 1. The molecule has 2 aromatic rings. The summed E-state index contributed by atoms with van der Waals surface area (Å²) < 4.78 is 0. The fraction of sp³-hybridized carbons (Fsp3) is 0.0909. The fourth-order valence-electron chi connectivity index (χ4n) is 1.43. The first kappa shape index (κ1) is 9.45. The number of H-pyrrole nitrogens is 1. The lowest BCUT2D eigenvalue weighted by molar-refractivity contribution is 0.986. The van der Waals surface area contributed by atoms with Crippen LogP contribution in [0.25, 0.3) is 11.3 Å². The quantitative estimate of drug-likeness (QED) is 0.731. The van der Waals surface area contributed by atoms with Crippen molar-refractivity contribution in [3.05, 3.63) is 46.2 Å². The van der Waals surface area contributed by atoms with E-state index in [1.165, 1.54) is 0 Å². The number of benzene rings is 1. The van der Waals surface area contributed by atoms with Gasteiger partial charge in [-0.25, -0.2) is 5.10 Å². The van der Waals surface area contributed by atoms with Gasteiger partial charge in [0, 0.05) is 11.1 Å². The van der Waals surface area contributed by atoms with E-state index in [9.17, 15) is 4.79 Å². The van der Waals surface area contributed by atoms with E-state index in [0.717, 1.165) is 5.56 Å². The number of nitrogens with zero attached hydrogens (tertiary/aromatic N) is 1. The minimum absolute atomic E-state index is 0.226. The predicted molar refractivity (Wildman–Crippen MR) is 59.4 cm³/mol. The predicted octanol–water partition coefficient (Wildman–Crippen LogP) is 1.33. The molecule has 2 rings (SSSR count). The van der Waals surface area contributed by atoms with Gasteiger partial charge in [-0.1, -0.05) is 30.3 Å². The summed E-state index contributed by atoms with van der Waals surface area (Å²) >= 11 is 0. The highest BCUT2D eigenvalue weighted by Gasteiger charge is 2.08. The second-order valence-electron chi connectivity index (χ2n) is 3.31. The molecule has 0 saturated carbocycles. The summed E-state index contributed by atoms with van der Waals surface area (Å²) in [4.78, 5) is 11.2. The zero-order valence-corrected chi connectivity index (χ0v) is 8.32. The smallest absolute Gasteiger partial charge is 0.287 e. The second-order valence-corrected chi connectivity index (χ2v) is 3.31. The van der Waals surface area contributed by atoms with Crippen molar-refractivity contribution in [2.45, 2.75) is 6.92 Å². The minimum atomic E-state index is -0.341. The molecule has 15 heavy (non-hydrogen) atoms. The van der Waals surface area contributed by atoms with E-state index in [4.69, 9.17) is 5.73 Å². The molecule has 1 aromatic carbocycles. The Morgan fingerprint density at radius 2 is 1.93 bits per heavy atom. The van der Waals surface area contributed by atoms with Crippen molar-refractivity contribution in [3.63, 3.8) is 0 Å². The summed E-state index contributed by atoms with van der Waals surface area (Å²) in [5.41, 5.74) is 7.89. The lowest BCUT2D eigenvalue weighted by Gasteiger charge is -2.05.